The highest BCUT2D eigenvalue weighted by Gasteiger charge is 2.18. The molecule has 0 radical (unpaired) electrons. The molecule has 0 bridgehead atoms. The second-order valence-corrected chi connectivity index (χ2v) is 7.72. The third-order valence-corrected chi connectivity index (χ3v) is 5.34. The summed E-state index contributed by atoms with van der Waals surface area (Å²) in [5.74, 6) is -0.187. The van der Waals surface area contributed by atoms with Crippen LogP contribution in [-0.4, -0.2) is 47.8 Å². The summed E-state index contributed by atoms with van der Waals surface area (Å²) < 4.78 is 1.60. The van der Waals surface area contributed by atoms with Crippen LogP contribution in [0.2, 0.25) is 10.0 Å². The first-order valence-electron chi connectivity index (χ1n) is 7.98. The number of halogens is 2. The zero-order chi connectivity index (χ0) is 18.7. The van der Waals surface area contributed by atoms with Crippen LogP contribution in [0, 0.1) is 0 Å². The van der Waals surface area contributed by atoms with E-state index in [-0.39, 0.29) is 5.91 Å². The summed E-state index contributed by atoms with van der Waals surface area (Å²) >= 11 is 13.7. The van der Waals surface area contributed by atoms with Crippen LogP contribution in [0.3, 0.4) is 0 Å². The molecule has 136 valence electrons. The molecule has 2 aromatic heterocycles. The number of benzene rings is 1. The fourth-order valence-electron chi connectivity index (χ4n) is 2.38. The third-order valence-electron chi connectivity index (χ3n) is 3.71. The lowest BCUT2D eigenvalue weighted by molar-refractivity contribution is 0.0943. The van der Waals surface area contributed by atoms with Crippen molar-refractivity contribution in [3.8, 4) is 16.3 Å². The molecule has 3 rings (SSSR count). The molecule has 0 atom stereocenters. The maximum absolute atomic E-state index is 12.7. The minimum atomic E-state index is -0.187. The van der Waals surface area contributed by atoms with E-state index < -0.39 is 0 Å². The molecule has 5 nitrogen and oxygen atoms in total. The summed E-state index contributed by atoms with van der Waals surface area (Å²) in [4.78, 5) is 15.7. The second kappa shape index (κ2) is 8.22. The Hall–Kier alpha value is -1.86. The largest absolute Gasteiger partial charge is 0.349 e. The van der Waals surface area contributed by atoms with Gasteiger partial charge in [0.1, 0.15) is 11.4 Å². The normalized spacial score (nSPS) is 11.1. The van der Waals surface area contributed by atoms with Crippen molar-refractivity contribution in [2.45, 2.75) is 0 Å². The first-order valence-corrected chi connectivity index (χ1v) is 9.61. The van der Waals surface area contributed by atoms with E-state index in [1.807, 2.05) is 36.5 Å². The molecule has 0 aliphatic heterocycles. The van der Waals surface area contributed by atoms with Crippen molar-refractivity contribution >= 4 is 40.4 Å². The van der Waals surface area contributed by atoms with Crippen LogP contribution in [0.4, 0.5) is 0 Å². The molecule has 8 heteroatoms. The van der Waals surface area contributed by atoms with Crippen LogP contribution in [0.5, 0.6) is 0 Å². The van der Waals surface area contributed by atoms with Gasteiger partial charge < -0.3 is 10.2 Å². The third kappa shape index (κ3) is 4.27. The van der Waals surface area contributed by atoms with E-state index in [1.54, 1.807) is 40.3 Å². The molecular formula is C18H18Cl2N4OS. The van der Waals surface area contributed by atoms with E-state index in [0.717, 1.165) is 17.1 Å². The van der Waals surface area contributed by atoms with Crippen molar-refractivity contribution in [3.05, 3.63) is 57.5 Å². The number of thiophene rings is 1. The van der Waals surface area contributed by atoms with Crippen molar-refractivity contribution in [2.75, 3.05) is 27.2 Å². The smallest absolute Gasteiger partial charge is 0.270 e. The van der Waals surface area contributed by atoms with Gasteiger partial charge in [0.2, 0.25) is 0 Å². The molecule has 0 fully saturated rings. The van der Waals surface area contributed by atoms with E-state index in [1.165, 1.54) is 0 Å². The van der Waals surface area contributed by atoms with E-state index in [9.17, 15) is 4.79 Å². The quantitative estimate of drug-likeness (QED) is 0.664. The molecule has 1 aromatic carbocycles. The minimum Gasteiger partial charge on any atom is -0.349 e. The van der Waals surface area contributed by atoms with Crippen LogP contribution in [0.25, 0.3) is 16.3 Å². The van der Waals surface area contributed by atoms with Gasteiger partial charge in [-0.1, -0.05) is 29.3 Å². The van der Waals surface area contributed by atoms with Gasteiger partial charge in [-0.05, 0) is 49.8 Å². The van der Waals surface area contributed by atoms with Crippen LogP contribution in [-0.2, 0) is 0 Å². The molecule has 3 aromatic rings. The summed E-state index contributed by atoms with van der Waals surface area (Å²) in [7, 11) is 3.92. The van der Waals surface area contributed by atoms with Gasteiger partial charge in [-0.25, -0.2) is 4.68 Å². The number of carbonyl (C=O) groups is 1. The molecule has 26 heavy (non-hydrogen) atoms. The fraction of sp³-hybridized carbons (Fsp3) is 0.222. The number of hydrogen-bond acceptors (Lipinski definition) is 4. The molecule has 1 N–H and O–H groups in total. The van der Waals surface area contributed by atoms with Gasteiger partial charge in [0.25, 0.3) is 5.91 Å². The molecule has 0 saturated heterocycles. The minimum absolute atomic E-state index is 0.187. The lowest BCUT2D eigenvalue weighted by Gasteiger charge is -2.11. The van der Waals surface area contributed by atoms with Gasteiger partial charge in [-0.2, -0.15) is 5.10 Å². The molecule has 0 spiro atoms. The topological polar surface area (TPSA) is 50.2 Å². The van der Waals surface area contributed by atoms with Gasteiger partial charge >= 0.3 is 0 Å². The van der Waals surface area contributed by atoms with Crippen LogP contribution in [0.15, 0.2) is 41.8 Å². The Morgan fingerprint density at radius 2 is 2.04 bits per heavy atom. The van der Waals surface area contributed by atoms with Crippen molar-refractivity contribution in [1.82, 2.24) is 20.0 Å². The zero-order valence-electron chi connectivity index (χ0n) is 14.4. The number of nitrogens with one attached hydrogen (secondary N) is 1. The predicted molar refractivity (Wildman–Crippen MR) is 108 cm³/mol. The average molecular weight is 409 g/mol. The van der Waals surface area contributed by atoms with Crippen LogP contribution in [0.1, 0.15) is 10.5 Å². The highest BCUT2D eigenvalue weighted by Crippen LogP contribution is 2.28. The lowest BCUT2D eigenvalue weighted by atomic mass is 10.2. The number of carbonyl (C=O) groups excluding carboxylic acids is 1. The van der Waals surface area contributed by atoms with Gasteiger partial charge in [-0.3, -0.25) is 4.79 Å². The van der Waals surface area contributed by atoms with Gasteiger partial charge in [-0.15, -0.1) is 11.3 Å². The van der Waals surface area contributed by atoms with E-state index in [0.29, 0.717) is 28.0 Å². The Morgan fingerprint density at radius 3 is 2.69 bits per heavy atom. The monoisotopic (exact) mass is 408 g/mol. The van der Waals surface area contributed by atoms with Gasteiger partial charge in [0.15, 0.2) is 0 Å². The van der Waals surface area contributed by atoms with Crippen molar-refractivity contribution in [1.29, 1.82) is 0 Å². The molecular weight excluding hydrogens is 391 g/mol. The van der Waals surface area contributed by atoms with Crippen LogP contribution >= 0.6 is 34.5 Å². The lowest BCUT2D eigenvalue weighted by Crippen LogP contribution is -2.32. The number of amides is 1. The second-order valence-electron chi connectivity index (χ2n) is 5.96. The van der Waals surface area contributed by atoms with Gasteiger partial charge in [0.05, 0.1) is 20.6 Å². The summed E-state index contributed by atoms with van der Waals surface area (Å²) in [5.41, 5.74) is 1.87. The van der Waals surface area contributed by atoms with Crippen LogP contribution < -0.4 is 5.32 Å². The maximum atomic E-state index is 12.7. The molecule has 0 saturated carbocycles. The molecule has 0 aliphatic carbocycles. The molecule has 0 aliphatic rings. The highest BCUT2D eigenvalue weighted by atomic mass is 35.5. The van der Waals surface area contributed by atoms with Crippen molar-refractivity contribution < 1.29 is 4.79 Å². The number of hydrogen-bond donors (Lipinski definition) is 1. The highest BCUT2D eigenvalue weighted by molar-refractivity contribution is 7.13. The average Bonchev–Trinajstić information content (AvgIpc) is 3.25. The van der Waals surface area contributed by atoms with E-state index in [4.69, 9.17) is 23.2 Å². The van der Waals surface area contributed by atoms with Gasteiger partial charge in [0, 0.05) is 13.1 Å². The zero-order valence-corrected chi connectivity index (χ0v) is 16.7. The summed E-state index contributed by atoms with van der Waals surface area (Å²) in [6.45, 7) is 1.30. The maximum Gasteiger partial charge on any atom is 0.270 e. The first-order chi connectivity index (χ1) is 12.5. The number of rotatable bonds is 6. The first kappa shape index (κ1) is 18.9. The molecule has 2 heterocycles. The fourth-order valence-corrected chi connectivity index (χ4v) is 3.36. The predicted octanol–water partition coefficient (Wildman–Crippen LogP) is 4.20. The van der Waals surface area contributed by atoms with E-state index >= 15 is 0 Å². The summed E-state index contributed by atoms with van der Waals surface area (Å²) in [6, 6.07) is 10.9. The summed E-state index contributed by atoms with van der Waals surface area (Å²) in [5, 5.41) is 10.4. The Bertz CT molecular complexity index is 906. The number of nitrogens with zero attached hydrogens (tertiary/aromatic N) is 3. The van der Waals surface area contributed by atoms with Crippen molar-refractivity contribution in [2.24, 2.45) is 0 Å². The Balaban J connectivity index is 1.98. The summed E-state index contributed by atoms with van der Waals surface area (Å²) in [6.07, 6.45) is 0. The molecule has 0 unspecified atom stereocenters. The molecule has 1 amide bonds. The Morgan fingerprint density at radius 1 is 1.23 bits per heavy atom. The Labute approximate surface area is 166 Å². The van der Waals surface area contributed by atoms with E-state index in [2.05, 4.69) is 10.4 Å². The standard InChI is InChI=1S/C18H18Cl2N4OS/c1-23(2)8-7-21-18(25)16-11-15(17-4-3-9-26-17)22-24(16)12-5-6-13(19)14(20)10-12/h3-6,9-11H,7-8H2,1-2H3,(H,21,25). The Kier molecular flexibility index (Phi) is 5.98. The SMILES string of the molecule is CN(C)CCNC(=O)c1cc(-c2cccs2)nn1-c1ccc(Cl)c(Cl)c1. The van der Waals surface area contributed by atoms with Crippen molar-refractivity contribution in [3.63, 3.8) is 0 Å². The number of likely N-dealkylation sites (N-methyl/N-ethyl adjacent to an activating group) is 1. The number of aromatic nitrogens is 2.